The molecule has 5 rings (SSSR count). The van der Waals surface area contributed by atoms with E-state index in [9.17, 15) is 4.79 Å². The minimum absolute atomic E-state index is 0.253. The molecule has 0 aliphatic carbocycles. The summed E-state index contributed by atoms with van der Waals surface area (Å²) in [6.45, 7) is 5.03. The molecule has 3 heterocycles. The molecule has 0 spiro atoms. The molecule has 4 aromatic rings. The molecule has 188 valence electrons. The fourth-order valence-corrected chi connectivity index (χ4v) is 5.48. The van der Waals surface area contributed by atoms with E-state index in [1.165, 1.54) is 6.07 Å². The molecule has 8 heteroatoms. The minimum Gasteiger partial charge on any atom is -0.461 e. The van der Waals surface area contributed by atoms with E-state index in [-0.39, 0.29) is 19.0 Å². The number of esters is 1. The highest BCUT2D eigenvalue weighted by Gasteiger charge is 2.30. The normalized spacial score (nSPS) is 13.2. The molecule has 6 nitrogen and oxygen atoms in total. The van der Waals surface area contributed by atoms with Gasteiger partial charge in [0.25, 0.3) is 0 Å². The molecule has 0 radical (unpaired) electrons. The molecule has 36 heavy (non-hydrogen) atoms. The van der Waals surface area contributed by atoms with Gasteiger partial charge in [0, 0.05) is 41.1 Å². The quantitative estimate of drug-likeness (QED) is 0.222. The SMILES string of the molecule is CCOC(=O)c1c(CCCBr)c2ccc(F)c3c2n1Cc1ccccc1COCc1nn(C)c(C)c1-3. The van der Waals surface area contributed by atoms with Gasteiger partial charge in [-0.2, -0.15) is 5.10 Å². The summed E-state index contributed by atoms with van der Waals surface area (Å²) in [4.78, 5) is 13.5. The third kappa shape index (κ3) is 4.16. The van der Waals surface area contributed by atoms with Crippen molar-refractivity contribution in [3.8, 4) is 11.1 Å². The first-order valence-corrected chi connectivity index (χ1v) is 13.3. The van der Waals surface area contributed by atoms with Crippen LogP contribution < -0.4 is 0 Å². The minimum atomic E-state index is -0.392. The second-order valence-electron chi connectivity index (χ2n) is 9.04. The van der Waals surface area contributed by atoms with Crippen LogP contribution in [0.25, 0.3) is 22.0 Å². The van der Waals surface area contributed by atoms with E-state index in [2.05, 4.69) is 21.0 Å². The van der Waals surface area contributed by atoms with Crippen LogP contribution in [0.2, 0.25) is 0 Å². The van der Waals surface area contributed by atoms with Gasteiger partial charge in [-0.05, 0) is 55.5 Å². The van der Waals surface area contributed by atoms with Gasteiger partial charge in [0.15, 0.2) is 0 Å². The van der Waals surface area contributed by atoms with Gasteiger partial charge in [-0.25, -0.2) is 9.18 Å². The van der Waals surface area contributed by atoms with Crippen LogP contribution in [0.4, 0.5) is 4.39 Å². The van der Waals surface area contributed by atoms with Crippen LogP contribution >= 0.6 is 15.9 Å². The third-order valence-electron chi connectivity index (χ3n) is 6.91. The lowest BCUT2D eigenvalue weighted by atomic mass is 9.97. The lowest BCUT2D eigenvalue weighted by molar-refractivity contribution is 0.0513. The van der Waals surface area contributed by atoms with Crippen LogP contribution in [0.5, 0.6) is 0 Å². The maximum Gasteiger partial charge on any atom is 0.355 e. The van der Waals surface area contributed by atoms with Crippen molar-refractivity contribution in [2.24, 2.45) is 7.05 Å². The van der Waals surface area contributed by atoms with Crippen molar-refractivity contribution in [3.63, 3.8) is 0 Å². The zero-order valence-electron chi connectivity index (χ0n) is 20.7. The van der Waals surface area contributed by atoms with Crippen molar-refractivity contribution < 1.29 is 18.7 Å². The number of rotatable bonds is 5. The summed E-state index contributed by atoms with van der Waals surface area (Å²) in [7, 11) is 1.85. The predicted octanol–water partition coefficient (Wildman–Crippen LogP) is 6.07. The number of ether oxygens (including phenoxy) is 2. The molecule has 1 aliphatic rings. The standard InChI is InChI=1S/C28H29BrFN3O3/c1-4-36-28(34)27-20(10-7-13-29)21-11-12-22(30)25-24-17(2)32(3)31-23(24)16-35-15-19-9-6-5-8-18(19)14-33(27)26(21)25/h5-6,8-9,11-12H,4,7,10,13-16H2,1-3H3. The molecule has 0 atom stereocenters. The summed E-state index contributed by atoms with van der Waals surface area (Å²) in [5.74, 6) is -0.745. The Kier molecular flexibility index (Phi) is 6.99. The van der Waals surface area contributed by atoms with Crippen LogP contribution in [0, 0.1) is 12.7 Å². The summed E-state index contributed by atoms with van der Waals surface area (Å²) in [5, 5.41) is 6.33. The number of aryl methyl sites for hydroxylation is 2. The summed E-state index contributed by atoms with van der Waals surface area (Å²) < 4.78 is 31.2. The van der Waals surface area contributed by atoms with E-state index < -0.39 is 5.97 Å². The number of nitrogens with zero attached hydrogens (tertiary/aromatic N) is 3. The lowest BCUT2D eigenvalue weighted by Crippen LogP contribution is -2.16. The Morgan fingerprint density at radius 3 is 2.69 bits per heavy atom. The first kappa shape index (κ1) is 24.7. The summed E-state index contributed by atoms with van der Waals surface area (Å²) in [5.41, 5.74) is 6.77. The first-order chi connectivity index (χ1) is 17.5. The molecule has 0 saturated heterocycles. The zero-order valence-corrected chi connectivity index (χ0v) is 22.3. The van der Waals surface area contributed by atoms with Gasteiger partial charge in [-0.1, -0.05) is 40.2 Å². The number of fused-ring (bicyclic) bond motifs is 3. The average molecular weight is 554 g/mol. The molecule has 0 saturated carbocycles. The maximum absolute atomic E-state index is 15.9. The molecule has 0 fully saturated rings. The fourth-order valence-electron chi connectivity index (χ4n) is 5.20. The molecule has 2 aromatic heterocycles. The molecule has 0 N–H and O–H groups in total. The van der Waals surface area contributed by atoms with E-state index >= 15 is 4.39 Å². The maximum atomic E-state index is 15.9. The lowest BCUT2D eigenvalue weighted by Gasteiger charge is -2.16. The predicted molar refractivity (Wildman–Crippen MR) is 141 cm³/mol. The third-order valence-corrected chi connectivity index (χ3v) is 7.47. The van der Waals surface area contributed by atoms with Gasteiger partial charge in [-0.3, -0.25) is 4.68 Å². The Bertz CT molecular complexity index is 1460. The van der Waals surface area contributed by atoms with Gasteiger partial charge in [0.05, 0.1) is 31.0 Å². The number of benzene rings is 2. The van der Waals surface area contributed by atoms with Gasteiger partial charge in [0.1, 0.15) is 11.5 Å². The summed E-state index contributed by atoms with van der Waals surface area (Å²) >= 11 is 3.53. The van der Waals surface area contributed by atoms with E-state index in [1.807, 2.05) is 42.8 Å². The van der Waals surface area contributed by atoms with Crippen molar-refractivity contribution >= 4 is 32.8 Å². The highest BCUT2D eigenvalue weighted by Crippen LogP contribution is 2.41. The number of aromatic nitrogens is 3. The molecular weight excluding hydrogens is 525 g/mol. The van der Waals surface area contributed by atoms with Crippen LogP contribution in [0.3, 0.4) is 0 Å². The number of carbonyl (C=O) groups excluding carboxylic acids is 1. The second kappa shape index (κ2) is 10.2. The Morgan fingerprint density at radius 1 is 1.17 bits per heavy atom. The number of halogens is 2. The highest BCUT2D eigenvalue weighted by molar-refractivity contribution is 9.09. The molecule has 2 aromatic carbocycles. The fraction of sp³-hybridized carbons (Fsp3) is 0.357. The van der Waals surface area contributed by atoms with Crippen molar-refractivity contribution in [2.75, 3.05) is 11.9 Å². The second-order valence-corrected chi connectivity index (χ2v) is 9.83. The first-order valence-electron chi connectivity index (χ1n) is 12.2. The Morgan fingerprint density at radius 2 is 1.94 bits per heavy atom. The monoisotopic (exact) mass is 553 g/mol. The van der Waals surface area contributed by atoms with Crippen LogP contribution in [-0.2, 0) is 42.7 Å². The van der Waals surface area contributed by atoms with E-state index in [4.69, 9.17) is 9.47 Å². The number of carbonyl (C=O) groups is 1. The Balaban J connectivity index is 1.94. The summed E-state index contributed by atoms with van der Waals surface area (Å²) in [6, 6.07) is 11.3. The van der Waals surface area contributed by atoms with Crippen LogP contribution in [0.1, 0.15) is 51.9 Å². The van der Waals surface area contributed by atoms with Crippen molar-refractivity contribution in [3.05, 3.63) is 76.0 Å². The Labute approximate surface area is 218 Å². The van der Waals surface area contributed by atoms with E-state index in [0.717, 1.165) is 39.5 Å². The number of alkyl halides is 1. The van der Waals surface area contributed by atoms with Crippen LogP contribution in [0.15, 0.2) is 36.4 Å². The molecule has 0 unspecified atom stereocenters. The van der Waals surface area contributed by atoms with E-state index in [1.54, 1.807) is 17.7 Å². The van der Waals surface area contributed by atoms with E-state index in [0.29, 0.717) is 47.6 Å². The smallest absolute Gasteiger partial charge is 0.355 e. The van der Waals surface area contributed by atoms with Gasteiger partial charge < -0.3 is 14.0 Å². The largest absolute Gasteiger partial charge is 0.461 e. The van der Waals surface area contributed by atoms with Crippen molar-refractivity contribution in [1.29, 1.82) is 0 Å². The number of hydrogen-bond acceptors (Lipinski definition) is 4. The number of hydrogen-bond donors (Lipinski definition) is 0. The van der Waals surface area contributed by atoms with Crippen LogP contribution in [-0.4, -0.2) is 32.3 Å². The molecule has 0 bridgehead atoms. The molecule has 0 amide bonds. The zero-order chi connectivity index (χ0) is 25.4. The van der Waals surface area contributed by atoms with Crippen molar-refractivity contribution in [1.82, 2.24) is 14.3 Å². The summed E-state index contributed by atoms with van der Waals surface area (Å²) in [6.07, 6.45) is 1.50. The average Bonchev–Trinajstić information content (AvgIpc) is 3.31. The van der Waals surface area contributed by atoms with Crippen molar-refractivity contribution in [2.45, 2.75) is 46.4 Å². The highest BCUT2D eigenvalue weighted by atomic mass is 79.9. The topological polar surface area (TPSA) is 58.3 Å². The van der Waals surface area contributed by atoms with Gasteiger partial charge in [-0.15, -0.1) is 0 Å². The van der Waals surface area contributed by atoms with Gasteiger partial charge >= 0.3 is 5.97 Å². The van der Waals surface area contributed by atoms with Gasteiger partial charge in [0.2, 0.25) is 0 Å². The molecular formula is C28H29BrFN3O3. The molecule has 1 aliphatic heterocycles. The Hall–Kier alpha value is -2.97.